The Morgan fingerprint density at radius 2 is 1.67 bits per heavy atom. The van der Waals surface area contributed by atoms with Crippen molar-refractivity contribution in [3.05, 3.63) is 94.3 Å². The number of hydrogen-bond donors (Lipinski definition) is 2. The molecule has 2 N–H and O–H groups in total. The highest BCUT2D eigenvalue weighted by Crippen LogP contribution is 2.32. The van der Waals surface area contributed by atoms with Gasteiger partial charge in [0, 0.05) is 51.4 Å². The molecule has 10 nitrogen and oxygen atoms in total. The summed E-state index contributed by atoms with van der Waals surface area (Å²) in [4.78, 5) is 55.6. The van der Waals surface area contributed by atoms with Gasteiger partial charge in [-0.05, 0) is 47.9 Å². The van der Waals surface area contributed by atoms with E-state index in [1.165, 1.54) is 6.07 Å². The van der Waals surface area contributed by atoms with Crippen LogP contribution in [0.1, 0.15) is 50.2 Å². The van der Waals surface area contributed by atoms with E-state index in [2.05, 4.69) is 27.7 Å². The van der Waals surface area contributed by atoms with Crippen molar-refractivity contribution < 1.29 is 23.6 Å². The summed E-state index contributed by atoms with van der Waals surface area (Å²) in [5.41, 5.74) is 3.93. The van der Waals surface area contributed by atoms with Crippen LogP contribution in [0, 0.1) is 17.1 Å². The predicted molar refractivity (Wildman–Crippen MR) is 155 cm³/mol. The smallest absolute Gasteiger partial charge is 0.264 e. The SMILES string of the molecule is N#Cc1ccc(N2CCN(Cc3ccc(CNc4cccc5c4C(=O)N(C4CCC(=O)NC4=O)C5=O)cc3)CC2)c(F)c1. The van der Waals surface area contributed by atoms with Crippen molar-refractivity contribution in [3.8, 4) is 6.07 Å². The summed E-state index contributed by atoms with van der Waals surface area (Å²) >= 11 is 0. The van der Waals surface area contributed by atoms with Gasteiger partial charge in [0.1, 0.15) is 11.9 Å². The fourth-order valence-electron chi connectivity index (χ4n) is 5.86. The first-order valence-electron chi connectivity index (χ1n) is 14.2. The largest absolute Gasteiger partial charge is 0.380 e. The molecule has 0 aliphatic carbocycles. The Morgan fingerprint density at radius 1 is 0.930 bits per heavy atom. The Kier molecular flexibility index (Phi) is 7.61. The lowest BCUT2D eigenvalue weighted by Crippen LogP contribution is -2.54. The minimum absolute atomic E-state index is 0.0691. The van der Waals surface area contributed by atoms with E-state index in [4.69, 9.17) is 5.26 Å². The maximum absolute atomic E-state index is 14.4. The van der Waals surface area contributed by atoms with Gasteiger partial charge in [-0.3, -0.25) is 34.3 Å². The summed E-state index contributed by atoms with van der Waals surface area (Å²) in [6.07, 6.45) is 0.177. The van der Waals surface area contributed by atoms with Crippen LogP contribution in [0.25, 0.3) is 0 Å². The van der Waals surface area contributed by atoms with Gasteiger partial charge in [0.2, 0.25) is 11.8 Å². The van der Waals surface area contributed by atoms with E-state index < -0.39 is 29.7 Å². The van der Waals surface area contributed by atoms with Gasteiger partial charge >= 0.3 is 0 Å². The fraction of sp³-hybridized carbons (Fsp3) is 0.281. The third-order valence-corrected chi connectivity index (χ3v) is 8.17. The zero-order valence-electron chi connectivity index (χ0n) is 23.3. The lowest BCUT2D eigenvalue weighted by atomic mass is 10.0. The molecule has 2 fully saturated rings. The maximum atomic E-state index is 14.4. The molecule has 0 radical (unpaired) electrons. The second-order valence-corrected chi connectivity index (χ2v) is 10.9. The molecular weight excluding hydrogens is 551 g/mol. The summed E-state index contributed by atoms with van der Waals surface area (Å²) in [7, 11) is 0. The first kappa shape index (κ1) is 28.1. The number of piperazine rings is 1. The van der Waals surface area contributed by atoms with Gasteiger partial charge in [-0.15, -0.1) is 0 Å². The van der Waals surface area contributed by atoms with Gasteiger partial charge < -0.3 is 10.2 Å². The molecule has 3 aromatic carbocycles. The van der Waals surface area contributed by atoms with Crippen LogP contribution < -0.4 is 15.5 Å². The molecule has 0 saturated carbocycles. The summed E-state index contributed by atoms with van der Waals surface area (Å²) in [6, 6.07) is 18.7. The maximum Gasteiger partial charge on any atom is 0.264 e. The zero-order valence-corrected chi connectivity index (χ0v) is 23.3. The minimum Gasteiger partial charge on any atom is -0.380 e. The van der Waals surface area contributed by atoms with Crippen LogP contribution in [0.15, 0.2) is 60.7 Å². The number of imide groups is 2. The molecule has 6 rings (SSSR count). The number of piperidine rings is 1. The van der Waals surface area contributed by atoms with Crippen LogP contribution in [-0.4, -0.2) is 65.6 Å². The first-order chi connectivity index (χ1) is 20.8. The molecule has 0 bridgehead atoms. The number of carbonyl (C=O) groups excluding carboxylic acids is 4. The summed E-state index contributed by atoms with van der Waals surface area (Å²) in [5.74, 6) is -2.51. The Hall–Kier alpha value is -5.08. The molecule has 1 atom stereocenters. The van der Waals surface area contributed by atoms with Gasteiger partial charge in [0.05, 0.1) is 28.4 Å². The number of nitrogens with one attached hydrogen (secondary N) is 2. The highest BCUT2D eigenvalue weighted by Gasteiger charge is 2.45. The topological polar surface area (TPSA) is 126 Å². The van der Waals surface area contributed by atoms with Gasteiger partial charge in [0.25, 0.3) is 11.8 Å². The van der Waals surface area contributed by atoms with Crippen LogP contribution in [0.4, 0.5) is 15.8 Å². The second kappa shape index (κ2) is 11.7. The van der Waals surface area contributed by atoms with E-state index in [9.17, 15) is 23.6 Å². The standard InChI is InChI=1S/C32H29FN6O4/c33-24-16-22(17-34)8-9-26(24)38-14-12-37(13-15-38)19-21-6-4-20(5-7-21)18-35-25-3-1-2-23-29(25)32(43)39(31(23)42)27-10-11-28(40)36-30(27)41/h1-9,16,27,35H,10-15,18-19H2,(H,36,40,41). The molecule has 0 spiro atoms. The molecule has 43 heavy (non-hydrogen) atoms. The van der Waals surface area contributed by atoms with E-state index in [1.54, 1.807) is 30.3 Å². The molecule has 218 valence electrons. The van der Waals surface area contributed by atoms with Crippen molar-refractivity contribution in [2.24, 2.45) is 0 Å². The lowest BCUT2D eigenvalue weighted by Gasteiger charge is -2.36. The summed E-state index contributed by atoms with van der Waals surface area (Å²) < 4.78 is 14.4. The molecule has 3 heterocycles. The minimum atomic E-state index is -1.01. The quantitative estimate of drug-likeness (QED) is 0.409. The number of fused-ring (bicyclic) bond motifs is 1. The molecule has 3 aliphatic heterocycles. The molecule has 3 aliphatic rings. The van der Waals surface area contributed by atoms with Gasteiger partial charge in [-0.25, -0.2) is 4.39 Å². The highest BCUT2D eigenvalue weighted by molar-refractivity contribution is 6.25. The number of nitrogens with zero attached hydrogens (tertiary/aromatic N) is 4. The van der Waals surface area contributed by atoms with E-state index in [0.29, 0.717) is 36.6 Å². The van der Waals surface area contributed by atoms with E-state index in [0.717, 1.165) is 35.7 Å². The molecular formula is C32H29FN6O4. The molecule has 2 saturated heterocycles. The van der Waals surface area contributed by atoms with Crippen LogP contribution >= 0.6 is 0 Å². The molecule has 0 aromatic heterocycles. The average Bonchev–Trinajstić information content (AvgIpc) is 3.27. The van der Waals surface area contributed by atoms with E-state index >= 15 is 0 Å². The number of nitriles is 1. The zero-order chi connectivity index (χ0) is 30.1. The first-order valence-corrected chi connectivity index (χ1v) is 14.2. The normalized spacial score (nSPS) is 18.8. The Labute approximate surface area is 247 Å². The van der Waals surface area contributed by atoms with Gasteiger partial charge in [-0.2, -0.15) is 5.26 Å². The number of hydrogen-bond acceptors (Lipinski definition) is 8. The van der Waals surface area contributed by atoms with Gasteiger partial charge in [-0.1, -0.05) is 30.3 Å². The number of benzene rings is 3. The van der Waals surface area contributed by atoms with Crippen molar-refractivity contribution in [1.82, 2.24) is 15.1 Å². The van der Waals surface area contributed by atoms with Crippen LogP contribution in [0.2, 0.25) is 0 Å². The van der Waals surface area contributed by atoms with E-state index in [-0.39, 0.29) is 29.8 Å². The van der Waals surface area contributed by atoms with Crippen molar-refractivity contribution in [1.29, 1.82) is 5.26 Å². The van der Waals surface area contributed by atoms with Crippen molar-refractivity contribution in [2.75, 3.05) is 36.4 Å². The summed E-state index contributed by atoms with van der Waals surface area (Å²) in [5, 5.41) is 14.4. The van der Waals surface area contributed by atoms with E-state index in [1.807, 2.05) is 23.1 Å². The lowest BCUT2D eigenvalue weighted by molar-refractivity contribution is -0.136. The van der Waals surface area contributed by atoms with Crippen molar-refractivity contribution >= 4 is 35.0 Å². The average molecular weight is 581 g/mol. The highest BCUT2D eigenvalue weighted by atomic mass is 19.1. The molecule has 4 amide bonds. The Bertz CT molecular complexity index is 1660. The Balaban J connectivity index is 1.05. The number of amides is 4. The second-order valence-electron chi connectivity index (χ2n) is 10.9. The van der Waals surface area contributed by atoms with Crippen molar-refractivity contribution in [2.45, 2.75) is 32.0 Å². The fourth-order valence-corrected chi connectivity index (χ4v) is 5.86. The number of carbonyl (C=O) groups is 4. The predicted octanol–water partition coefficient (Wildman–Crippen LogP) is 3.03. The van der Waals surface area contributed by atoms with Crippen LogP contribution in [0.3, 0.4) is 0 Å². The summed E-state index contributed by atoms with van der Waals surface area (Å²) in [6.45, 7) is 4.12. The molecule has 11 heteroatoms. The Morgan fingerprint density at radius 3 is 2.37 bits per heavy atom. The third-order valence-electron chi connectivity index (χ3n) is 8.17. The number of halogens is 1. The van der Waals surface area contributed by atoms with Crippen LogP contribution in [0.5, 0.6) is 0 Å². The molecule has 1 unspecified atom stereocenters. The molecule has 3 aromatic rings. The number of anilines is 2. The monoisotopic (exact) mass is 580 g/mol. The number of rotatable bonds is 7. The van der Waals surface area contributed by atoms with Crippen LogP contribution in [-0.2, 0) is 22.7 Å². The van der Waals surface area contributed by atoms with Gasteiger partial charge in [0.15, 0.2) is 0 Å². The van der Waals surface area contributed by atoms with Crippen molar-refractivity contribution in [3.63, 3.8) is 0 Å². The third kappa shape index (κ3) is 5.57.